The van der Waals surface area contributed by atoms with Crippen LogP contribution in [0.2, 0.25) is 0 Å². The maximum absolute atomic E-state index is 5.75. The smallest absolute Gasteiger partial charge is 0.145 e. The standard InChI is InChI=1S/C13H14O2/c1-2-10-15-13(8-4-3-5-9-13)12-7-6-11-14-12/h1,4,6-8,11H,3,5,9-10H2. The fourth-order valence-corrected chi connectivity index (χ4v) is 1.93. The van der Waals surface area contributed by atoms with Gasteiger partial charge in [-0.25, -0.2) is 0 Å². The minimum atomic E-state index is -0.436. The fraction of sp³-hybridized carbons (Fsp3) is 0.385. The molecule has 1 heterocycles. The molecule has 2 nitrogen and oxygen atoms in total. The van der Waals surface area contributed by atoms with Gasteiger partial charge in [-0.2, -0.15) is 0 Å². The normalized spacial score (nSPS) is 25.0. The van der Waals surface area contributed by atoms with Crippen LogP contribution in [0, 0.1) is 12.3 Å². The molecule has 15 heavy (non-hydrogen) atoms. The molecule has 2 heteroatoms. The molecule has 1 aromatic rings. The van der Waals surface area contributed by atoms with Crippen LogP contribution < -0.4 is 0 Å². The number of rotatable bonds is 3. The van der Waals surface area contributed by atoms with Gasteiger partial charge in [0.05, 0.1) is 6.26 Å². The molecule has 0 radical (unpaired) electrons. The predicted molar refractivity (Wildman–Crippen MR) is 58.2 cm³/mol. The van der Waals surface area contributed by atoms with E-state index in [0.29, 0.717) is 6.61 Å². The quantitative estimate of drug-likeness (QED) is 0.555. The molecule has 1 aliphatic carbocycles. The van der Waals surface area contributed by atoms with Crippen LogP contribution >= 0.6 is 0 Å². The lowest BCUT2D eigenvalue weighted by molar-refractivity contribution is -0.0200. The Hall–Kier alpha value is -1.46. The highest BCUT2D eigenvalue weighted by atomic mass is 16.5. The van der Waals surface area contributed by atoms with Crippen LogP contribution in [0.15, 0.2) is 35.0 Å². The van der Waals surface area contributed by atoms with Gasteiger partial charge >= 0.3 is 0 Å². The molecular weight excluding hydrogens is 188 g/mol. The summed E-state index contributed by atoms with van der Waals surface area (Å²) in [4.78, 5) is 0. The van der Waals surface area contributed by atoms with Gasteiger partial charge < -0.3 is 9.15 Å². The molecule has 1 aromatic heterocycles. The van der Waals surface area contributed by atoms with Gasteiger partial charge in [0.25, 0.3) is 0 Å². The predicted octanol–water partition coefficient (Wildman–Crippen LogP) is 2.86. The van der Waals surface area contributed by atoms with Gasteiger partial charge in [-0.1, -0.05) is 12.0 Å². The maximum Gasteiger partial charge on any atom is 0.145 e. The summed E-state index contributed by atoms with van der Waals surface area (Å²) in [7, 11) is 0. The molecule has 0 saturated carbocycles. The van der Waals surface area contributed by atoms with E-state index in [9.17, 15) is 0 Å². The molecule has 0 fully saturated rings. The van der Waals surface area contributed by atoms with Crippen LogP contribution in [-0.4, -0.2) is 6.61 Å². The maximum atomic E-state index is 5.75. The van der Waals surface area contributed by atoms with Gasteiger partial charge in [-0.3, -0.25) is 0 Å². The summed E-state index contributed by atoms with van der Waals surface area (Å²) in [5, 5.41) is 0. The Morgan fingerprint density at radius 2 is 2.53 bits per heavy atom. The summed E-state index contributed by atoms with van der Waals surface area (Å²) < 4.78 is 11.2. The number of allylic oxidation sites excluding steroid dienone is 1. The number of furan rings is 1. The summed E-state index contributed by atoms with van der Waals surface area (Å²) in [6.07, 6.45) is 14.2. The average molecular weight is 202 g/mol. The van der Waals surface area contributed by atoms with E-state index >= 15 is 0 Å². The topological polar surface area (TPSA) is 22.4 Å². The molecule has 1 aliphatic rings. The van der Waals surface area contributed by atoms with E-state index in [1.807, 2.05) is 12.1 Å². The molecule has 78 valence electrons. The summed E-state index contributed by atoms with van der Waals surface area (Å²) in [5.74, 6) is 3.35. The first-order chi connectivity index (χ1) is 7.37. The highest BCUT2D eigenvalue weighted by molar-refractivity contribution is 5.20. The Labute approximate surface area is 89.9 Å². The average Bonchev–Trinajstić information content (AvgIpc) is 2.82. The van der Waals surface area contributed by atoms with Crippen LogP contribution in [0.4, 0.5) is 0 Å². The van der Waals surface area contributed by atoms with Crippen molar-refractivity contribution >= 4 is 0 Å². The van der Waals surface area contributed by atoms with Crippen molar-refractivity contribution in [1.82, 2.24) is 0 Å². The van der Waals surface area contributed by atoms with Crippen molar-refractivity contribution in [2.24, 2.45) is 0 Å². The first kappa shape index (κ1) is 10.1. The second-order valence-electron chi connectivity index (χ2n) is 3.65. The molecular formula is C13H14O2. The third kappa shape index (κ3) is 1.98. The summed E-state index contributed by atoms with van der Waals surface area (Å²) >= 11 is 0. The van der Waals surface area contributed by atoms with Crippen molar-refractivity contribution in [3.63, 3.8) is 0 Å². The number of hydrogen-bond acceptors (Lipinski definition) is 2. The van der Waals surface area contributed by atoms with Crippen LogP contribution in [0.3, 0.4) is 0 Å². The molecule has 0 spiro atoms. The van der Waals surface area contributed by atoms with Crippen molar-refractivity contribution in [3.8, 4) is 12.3 Å². The number of hydrogen-bond donors (Lipinski definition) is 0. The summed E-state index contributed by atoms with van der Waals surface area (Å²) in [6.45, 7) is 0.311. The molecule has 0 amide bonds. The second-order valence-corrected chi connectivity index (χ2v) is 3.65. The molecule has 1 atom stereocenters. The Morgan fingerprint density at radius 1 is 1.60 bits per heavy atom. The Bertz CT molecular complexity index is 370. The zero-order valence-corrected chi connectivity index (χ0v) is 8.61. The van der Waals surface area contributed by atoms with Crippen LogP contribution in [0.25, 0.3) is 0 Å². The van der Waals surface area contributed by atoms with Crippen LogP contribution in [-0.2, 0) is 10.3 Å². The van der Waals surface area contributed by atoms with Crippen molar-refractivity contribution in [3.05, 3.63) is 36.3 Å². The van der Waals surface area contributed by atoms with E-state index in [4.69, 9.17) is 15.6 Å². The Balaban J connectivity index is 2.27. The zero-order valence-electron chi connectivity index (χ0n) is 8.61. The molecule has 0 aliphatic heterocycles. The number of ether oxygens (including phenoxy) is 1. The third-order valence-electron chi connectivity index (χ3n) is 2.66. The first-order valence-corrected chi connectivity index (χ1v) is 5.16. The largest absolute Gasteiger partial charge is 0.466 e. The van der Waals surface area contributed by atoms with Gasteiger partial charge in [0.15, 0.2) is 0 Å². The van der Waals surface area contributed by atoms with E-state index in [2.05, 4.69) is 18.1 Å². The minimum absolute atomic E-state index is 0.311. The van der Waals surface area contributed by atoms with Crippen molar-refractivity contribution in [1.29, 1.82) is 0 Å². The second kappa shape index (κ2) is 4.37. The van der Waals surface area contributed by atoms with Crippen LogP contribution in [0.1, 0.15) is 25.0 Å². The Kier molecular flexibility index (Phi) is 2.94. The van der Waals surface area contributed by atoms with Gasteiger partial charge in [0, 0.05) is 0 Å². The van der Waals surface area contributed by atoms with Gasteiger partial charge in [-0.05, 0) is 37.5 Å². The molecule has 2 rings (SSSR count). The molecule has 1 unspecified atom stereocenters. The van der Waals surface area contributed by atoms with E-state index in [0.717, 1.165) is 25.0 Å². The van der Waals surface area contributed by atoms with E-state index < -0.39 is 5.60 Å². The summed E-state index contributed by atoms with van der Waals surface area (Å²) in [6, 6.07) is 3.81. The van der Waals surface area contributed by atoms with Gasteiger partial charge in [0.2, 0.25) is 0 Å². The molecule has 0 bridgehead atoms. The van der Waals surface area contributed by atoms with Crippen molar-refractivity contribution < 1.29 is 9.15 Å². The lowest BCUT2D eigenvalue weighted by atomic mass is 9.88. The van der Waals surface area contributed by atoms with Gasteiger partial charge in [-0.15, -0.1) is 6.42 Å². The third-order valence-corrected chi connectivity index (χ3v) is 2.66. The highest BCUT2D eigenvalue weighted by Crippen LogP contribution is 2.36. The molecule has 0 N–H and O–H groups in total. The van der Waals surface area contributed by atoms with Gasteiger partial charge in [0.1, 0.15) is 18.0 Å². The van der Waals surface area contributed by atoms with Crippen LogP contribution in [0.5, 0.6) is 0 Å². The number of terminal acetylenes is 1. The van der Waals surface area contributed by atoms with E-state index in [1.54, 1.807) is 6.26 Å². The minimum Gasteiger partial charge on any atom is -0.466 e. The monoisotopic (exact) mass is 202 g/mol. The fourth-order valence-electron chi connectivity index (χ4n) is 1.93. The highest BCUT2D eigenvalue weighted by Gasteiger charge is 2.34. The van der Waals surface area contributed by atoms with E-state index in [-0.39, 0.29) is 0 Å². The molecule has 0 saturated heterocycles. The molecule has 0 aromatic carbocycles. The van der Waals surface area contributed by atoms with Crippen molar-refractivity contribution in [2.75, 3.05) is 6.61 Å². The van der Waals surface area contributed by atoms with E-state index in [1.165, 1.54) is 0 Å². The summed E-state index contributed by atoms with van der Waals surface area (Å²) in [5.41, 5.74) is -0.436. The zero-order chi connectivity index (χ0) is 10.6. The SMILES string of the molecule is C#CCOC1(c2ccco2)C=CCCC1. The van der Waals surface area contributed by atoms with Crippen molar-refractivity contribution in [2.45, 2.75) is 24.9 Å². The lowest BCUT2D eigenvalue weighted by Gasteiger charge is -2.30. The Morgan fingerprint density at radius 3 is 3.13 bits per heavy atom. The lowest BCUT2D eigenvalue weighted by Crippen LogP contribution is -2.29. The first-order valence-electron chi connectivity index (χ1n) is 5.16.